The van der Waals surface area contributed by atoms with E-state index >= 15 is 0 Å². The number of nitrogens with two attached hydrogens (primary N) is 2. The van der Waals surface area contributed by atoms with E-state index in [1.165, 1.54) is 13.8 Å². The molecule has 60 heavy (non-hydrogen) atoms. The van der Waals surface area contributed by atoms with Crippen LogP contribution in [0.2, 0.25) is 0 Å². The highest BCUT2D eigenvalue weighted by molar-refractivity contribution is 5.89. The highest BCUT2D eigenvalue weighted by atomic mass is 16.2. The topological polar surface area (TPSA) is 197 Å². The minimum atomic E-state index is -0.367. The summed E-state index contributed by atoms with van der Waals surface area (Å²) in [5, 5.41) is 17.3. The van der Waals surface area contributed by atoms with Crippen LogP contribution in [-0.4, -0.2) is 51.3 Å². The molecule has 302 valence electrons. The maximum Gasteiger partial charge on any atom is 0.217 e. The van der Waals surface area contributed by atoms with E-state index < -0.39 is 0 Å². The predicted octanol–water partition coefficient (Wildman–Crippen LogP) is 6.51. The molecule has 0 aliphatic heterocycles. The van der Waals surface area contributed by atoms with Crippen molar-refractivity contribution < 1.29 is 9.59 Å². The molecule has 14 heteroatoms. The van der Waals surface area contributed by atoms with Gasteiger partial charge in [-0.15, -0.1) is 0 Å². The molecule has 0 aliphatic carbocycles. The van der Waals surface area contributed by atoms with Crippen LogP contribution in [0.15, 0.2) is 109 Å². The molecular formula is C46H46N12O2. The van der Waals surface area contributed by atoms with E-state index in [0.29, 0.717) is 37.6 Å². The van der Waals surface area contributed by atoms with Crippen molar-refractivity contribution in [1.82, 2.24) is 50.1 Å². The van der Waals surface area contributed by atoms with Gasteiger partial charge in [0.15, 0.2) is 11.6 Å². The van der Waals surface area contributed by atoms with Gasteiger partial charge < -0.3 is 22.1 Å². The monoisotopic (exact) mass is 798 g/mol. The van der Waals surface area contributed by atoms with Gasteiger partial charge in [0.05, 0.1) is 40.0 Å². The second kappa shape index (κ2) is 17.0. The van der Waals surface area contributed by atoms with Gasteiger partial charge in [-0.25, -0.2) is 19.3 Å². The lowest BCUT2D eigenvalue weighted by atomic mass is 10.0. The van der Waals surface area contributed by atoms with Crippen molar-refractivity contribution in [3.8, 4) is 34.2 Å². The fourth-order valence-electron chi connectivity index (χ4n) is 7.24. The van der Waals surface area contributed by atoms with Gasteiger partial charge in [-0.2, -0.15) is 10.2 Å². The van der Waals surface area contributed by atoms with Crippen molar-refractivity contribution in [3.05, 3.63) is 143 Å². The van der Waals surface area contributed by atoms with Gasteiger partial charge in [0.1, 0.15) is 0 Å². The number of carbonyl (C=O) groups excluding carboxylic acids is 2. The highest BCUT2D eigenvalue weighted by Gasteiger charge is 2.18. The molecule has 0 bridgehead atoms. The third-order valence-corrected chi connectivity index (χ3v) is 10.3. The summed E-state index contributed by atoms with van der Waals surface area (Å²) in [6.07, 6.45) is 4.95. The minimum Gasteiger partial charge on any atom is -0.352 e. The lowest BCUT2D eigenvalue weighted by molar-refractivity contribution is -0.119. The molecule has 6 N–H and O–H groups in total. The Bertz CT molecular complexity index is 2880. The summed E-state index contributed by atoms with van der Waals surface area (Å²) in [6, 6.07) is 30.9. The highest BCUT2D eigenvalue weighted by Crippen LogP contribution is 2.31. The number of fused-ring (bicyclic) bond motifs is 2. The Morgan fingerprint density at radius 2 is 1.35 bits per heavy atom. The van der Waals surface area contributed by atoms with Gasteiger partial charge in [0.2, 0.25) is 11.8 Å². The maximum atomic E-state index is 11.9. The van der Waals surface area contributed by atoms with Crippen molar-refractivity contribution in [2.75, 3.05) is 0 Å². The summed E-state index contributed by atoms with van der Waals surface area (Å²) >= 11 is 0. The average Bonchev–Trinajstić information content (AvgIpc) is 3.89. The van der Waals surface area contributed by atoms with E-state index in [2.05, 4.69) is 15.6 Å². The Labute approximate surface area is 347 Å². The third kappa shape index (κ3) is 8.65. The quantitative estimate of drug-likeness (QED) is 0.0998. The molecule has 6 heterocycles. The fraction of sp³-hybridized carbons (Fsp3) is 0.217. The Hall–Kier alpha value is -7.16. The molecule has 0 spiro atoms. The number of rotatable bonds is 13. The van der Waals surface area contributed by atoms with Gasteiger partial charge in [-0.1, -0.05) is 24.3 Å². The lowest BCUT2D eigenvalue weighted by Crippen LogP contribution is -2.19. The first-order valence-corrected chi connectivity index (χ1v) is 19.9. The van der Waals surface area contributed by atoms with Crippen molar-refractivity contribution in [2.24, 2.45) is 11.5 Å². The summed E-state index contributed by atoms with van der Waals surface area (Å²) in [5.41, 5.74) is 22.9. The van der Waals surface area contributed by atoms with Gasteiger partial charge >= 0.3 is 0 Å². The molecule has 0 saturated heterocycles. The Morgan fingerprint density at radius 1 is 0.717 bits per heavy atom. The lowest BCUT2D eigenvalue weighted by Gasteiger charge is -2.14. The molecule has 2 aromatic carbocycles. The van der Waals surface area contributed by atoms with Gasteiger partial charge in [0, 0.05) is 78.5 Å². The molecule has 2 amide bonds. The fourth-order valence-corrected chi connectivity index (χ4v) is 7.24. The van der Waals surface area contributed by atoms with Gasteiger partial charge in [-0.05, 0) is 111 Å². The number of carbonyl (C=O) groups is 2. The van der Waals surface area contributed by atoms with E-state index in [9.17, 15) is 9.59 Å². The van der Waals surface area contributed by atoms with E-state index in [0.717, 1.165) is 78.2 Å². The van der Waals surface area contributed by atoms with E-state index in [1.54, 1.807) is 10.9 Å². The summed E-state index contributed by atoms with van der Waals surface area (Å²) in [6.45, 7) is 7.53. The average molecular weight is 799 g/mol. The number of hydrogen-bond acceptors (Lipinski definition) is 10. The molecule has 0 saturated carbocycles. The van der Waals surface area contributed by atoms with Gasteiger partial charge in [-0.3, -0.25) is 19.6 Å². The largest absolute Gasteiger partial charge is 0.352 e. The number of aryl methyl sites for hydroxylation is 2. The smallest absolute Gasteiger partial charge is 0.217 e. The third-order valence-electron chi connectivity index (χ3n) is 10.3. The van der Waals surface area contributed by atoms with Crippen LogP contribution >= 0.6 is 0 Å². The van der Waals surface area contributed by atoms with Crippen LogP contribution in [0.5, 0.6) is 0 Å². The van der Waals surface area contributed by atoms with Crippen LogP contribution in [0, 0.1) is 6.92 Å². The number of benzene rings is 2. The summed E-state index contributed by atoms with van der Waals surface area (Å²) in [7, 11) is 0. The molecule has 6 aromatic heterocycles. The number of nitrogens with zero attached hydrogens (tertiary/aromatic N) is 8. The normalized spacial score (nSPS) is 12.4. The summed E-state index contributed by atoms with van der Waals surface area (Å²) in [4.78, 5) is 43.3. The molecule has 0 aliphatic rings. The zero-order valence-electron chi connectivity index (χ0n) is 33.9. The maximum absolute atomic E-state index is 11.9. The molecule has 0 fully saturated rings. The summed E-state index contributed by atoms with van der Waals surface area (Å²) < 4.78 is 3.58. The van der Waals surface area contributed by atoms with Crippen LogP contribution in [0.1, 0.15) is 73.2 Å². The standard InChI is InChI=1S/C46H46N12O2/c1-27-9-5-15-45(52-27)57-26-37-34(24-50-30(4)60)19-31(21-43(37)56-57)40-13-8-14-42(55-40)38(48)18-17-35-10-6-16-46(53-35)58-44-22-32(41-12-7-11-39(54-41)28(2)47)20-33(23-49-29(3)59)36(44)25-51-58/h5-16,19-22,25-26,28,38H,17-18,23-24,47-48H2,1-4H3,(H,49,59)(H,50,60). The number of pyridine rings is 4. The van der Waals surface area contributed by atoms with Gasteiger partial charge in [0.25, 0.3) is 0 Å². The second-order valence-corrected chi connectivity index (χ2v) is 15.0. The Morgan fingerprint density at radius 3 is 2.05 bits per heavy atom. The number of aromatic nitrogens is 8. The van der Waals surface area contributed by atoms with Crippen LogP contribution in [0.3, 0.4) is 0 Å². The number of hydrogen-bond donors (Lipinski definition) is 4. The van der Waals surface area contributed by atoms with Crippen molar-refractivity contribution in [3.63, 3.8) is 0 Å². The molecule has 8 rings (SSSR count). The number of amides is 2. The van der Waals surface area contributed by atoms with E-state index in [-0.39, 0.29) is 23.9 Å². The van der Waals surface area contributed by atoms with Crippen molar-refractivity contribution in [1.29, 1.82) is 0 Å². The van der Waals surface area contributed by atoms with Crippen LogP contribution in [0.4, 0.5) is 0 Å². The summed E-state index contributed by atoms with van der Waals surface area (Å²) in [5.74, 6) is 1.12. The predicted molar refractivity (Wildman–Crippen MR) is 232 cm³/mol. The molecule has 8 aromatic rings. The van der Waals surface area contributed by atoms with Crippen LogP contribution in [-0.2, 0) is 29.1 Å². The van der Waals surface area contributed by atoms with Crippen molar-refractivity contribution >= 4 is 33.6 Å². The minimum absolute atomic E-state index is 0.121. The van der Waals surface area contributed by atoms with Crippen LogP contribution in [0.25, 0.3) is 56.0 Å². The molecule has 14 nitrogen and oxygen atoms in total. The van der Waals surface area contributed by atoms with Crippen LogP contribution < -0.4 is 22.1 Å². The van der Waals surface area contributed by atoms with Crippen molar-refractivity contribution in [2.45, 2.75) is 65.7 Å². The van der Waals surface area contributed by atoms with E-state index in [4.69, 9.17) is 36.6 Å². The molecule has 0 radical (unpaired) electrons. The Balaban J connectivity index is 1.05. The molecular weight excluding hydrogens is 753 g/mol. The molecule has 2 unspecified atom stereocenters. The number of nitrogens with one attached hydrogen (secondary N) is 2. The zero-order chi connectivity index (χ0) is 41.9. The Kier molecular flexibility index (Phi) is 11.2. The van der Waals surface area contributed by atoms with E-state index in [1.807, 2.05) is 122 Å². The molecule has 2 atom stereocenters. The SMILES string of the molecule is CC(=O)NCc1cc(-c2cccc(C(N)CCc3cccc(-n4ncc5c(CNC(C)=O)cc(-c6cccc(C(C)N)n6)cc54)n3)n2)cc2nn(-c3cccc(C)n3)cc12. The first-order valence-electron chi connectivity index (χ1n) is 19.9. The second-order valence-electron chi connectivity index (χ2n) is 15.0. The zero-order valence-corrected chi connectivity index (χ0v) is 33.9. The first-order chi connectivity index (χ1) is 29.0. The first kappa shape index (κ1) is 39.7.